The molecule has 12 atom stereocenters. The molecule has 3 aliphatic heterocycles. The van der Waals surface area contributed by atoms with Crippen molar-refractivity contribution in [1.82, 2.24) is 35.6 Å². The van der Waals surface area contributed by atoms with Gasteiger partial charge >= 0.3 is 5.97 Å². The minimum absolute atomic E-state index is 0.0542. The minimum atomic E-state index is -0.941. The van der Waals surface area contributed by atoms with E-state index in [1.807, 2.05) is 50.1 Å². The predicted molar refractivity (Wildman–Crippen MR) is 438 cm³/mol. The highest BCUT2D eigenvalue weighted by molar-refractivity contribution is 6.25. The molecule has 5 N–H and O–H groups in total. The second kappa shape index (κ2) is 54.1. The van der Waals surface area contributed by atoms with E-state index in [9.17, 15) is 43.5 Å². The zero-order chi connectivity index (χ0) is 81.5. The van der Waals surface area contributed by atoms with Crippen LogP contribution in [0.4, 0.5) is 0 Å². The third-order valence-corrected chi connectivity index (χ3v) is 20.2. The normalized spacial score (nSPS) is 23.3. The lowest BCUT2D eigenvalue weighted by Gasteiger charge is -2.36. The number of hydrogen-bond donors (Lipinski definition) is 5. The second-order valence-electron chi connectivity index (χ2n) is 29.5. The monoisotopic (exact) mass is 1530 g/mol. The number of amides is 7. The number of terminal acetylenes is 3. The number of unbranched alkanes of at least 4 members (excludes halogenated alkanes) is 3. The Kier molecular flexibility index (Phi) is 47.8. The van der Waals surface area contributed by atoms with E-state index >= 15 is 0 Å². The van der Waals surface area contributed by atoms with Crippen molar-refractivity contribution in [3.8, 4) is 42.8 Å². The summed E-state index contributed by atoms with van der Waals surface area (Å²) in [6.45, 7) is 22.0. The number of carbonyl (C=O) groups excluding carboxylic acids is 8. The number of methoxy groups -OCH3 is 1. The summed E-state index contributed by atoms with van der Waals surface area (Å²) in [4.78, 5) is 109. The van der Waals surface area contributed by atoms with Crippen molar-refractivity contribution in [2.75, 3.05) is 41.4 Å². The van der Waals surface area contributed by atoms with Gasteiger partial charge in [-0.2, -0.15) is 0 Å². The van der Waals surface area contributed by atoms with Crippen molar-refractivity contribution in [2.24, 2.45) is 29.6 Å². The standard InChI is InChI=1S/C33H49N5O6.C26H35ClN2O4.C26H39NO2.C3H8/c1-10-12-13-14-25-21(5)33(42)44-27(11-2)29(34)38(8)26(19-23-15-17-24(43-9)18-16-23)31(40)36-28(20(3)4)32(41)37(7)22(6)30(39)35-25;1-4-5-6-10-22(19-27)14-12-20(2)9-7-8-11-24(31)28-17-16-23(30)18-26(33)29-21(3)13-15-25(29)32;1-5-6-8-17-25-18-21(2)13-11-12-14-22(3)26(28)27(4)24(20-29-25)19-23-15-9-7-10-16-23;1-3-2/h1,15-18,20-22,25-28,34H,11-14,19H2,2-9H3,(H,35,39)(H,36,40);1,7,9,13,15,18-21,30H,5-6,8,10-12,14,16-17H2,2-3H3,(H,28,31);1,7,9-10,15-16,21-22,24-25H,6,8,11-14,17-20H2,2-4H3;3H2,1-2H3/b;9-7+,22-19+,23-18+;;/t21?,22-,25?,26-,27?,28-;20?,21-;21?,22-,24-,25?;/m000./s1. The number of rotatable bonds is 27. The zero-order valence-corrected chi connectivity index (χ0v) is 68.9. The Morgan fingerprint density at radius 1 is 0.780 bits per heavy atom. The van der Waals surface area contributed by atoms with Gasteiger partial charge in [0.2, 0.25) is 29.5 Å². The Balaban J connectivity index is 0.000000557. The van der Waals surface area contributed by atoms with E-state index < -0.39 is 71.7 Å². The van der Waals surface area contributed by atoms with Crippen LogP contribution in [0.1, 0.15) is 222 Å². The van der Waals surface area contributed by atoms with Gasteiger partial charge in [-0.1, -0.05) is 159 Å². The van der Waals surface area contributed by atoms with E-state index in [4.69, 9.17) is 50.5 Å². The number of nitrogens with one attached hydrogen (secondary N) is 4. The van der Waals surface area contributed by atoms with Crippen LogP contribution in [0.2, 0.25) is 0 Å². The summed E-state index contributed by atoms with van der Waals surface area (Å²) in [6, 6.07) is 14.1. The summed E-state index contributed by atoms with van der Waals surface area (Å²) in [5, 5.41) is 27.4. The van der Waals surface area contributed by atoms with Crippen molar-refractivity contribution in [3.05, 3.63) is 113 Å². The maximum atomic E-state index is 13.9. The molecule has 2 fully saturated rings. The van der Waals surface area contributed by atoms with Crippen LogP contribution in [0.15, 0.2) is 102 Å². The number of aliphatic hydroxyl groups is 1. The summed E-state index contributed by atoms with van der Waals surface area (Å²) in [5.41, 5.74) is 4.92. The highest BCUT2D eigenvalue weighted by Crippen LogP contribution is 2.27. The molecule has 0 saturated carbocycles. The number of cyclic esters (lactones) is 1. The quantitative estimate of drug-likeness (QED) is 0.0139. The zero-order valence-electron chi connectivity index (χ0n) is 68.2. The molecule has 6 unspecified atom stereocenters. The van der Waals surface area contributed by atoms with Crippen LogP contribution in [0.25, 0.3) is 0 Å². The smallest absolute Gasteiger partial charge is 0.311 e. The first-order chi connectivity index (χ1) is 52.0. The number of likely N-dealkylation sites (N-methyl/N-ethyl adjacent to an activating group) is 3. The molecule has 20 nitrogen and oxygen atoms in total. The third-order valence-electron chi connectivity index (χ3n) is 19.9. The van der Waals surface area contributed by atoms with Gasteiger partial charge in [0, 0.05) is 95.9 Å². The first-order valence-electron chi connectivity index (χ1n) is 39.4. The SMILES string of the molecule is C#CCCC/C(=C\Cl)CCC(C)/C=C/CCC(=O)NCC/C(O)=C\C(=O)N1C(=O)C=C[C@@H]1C.C#CCCCC1CC(C)CCCC[C@H](C)C(=O)N(C)[C@@H](Cc2ccccc2)CO1.C#CCCCC1NC(=O)[C@H](C)N(C)C(=O)[C@H](C(C)C)NC(=O)[C@H](Cc2ccc(OC)cc2)N(C)C(=N)C(CC)OC(=O)C1C.CCC. The number of nitrogens with zero attached hydrogens (tertiary/aromatic N) is 4. The first kappa shape index (κ1) is 96.4. The molecule has 5 rings (SSSR count). The summed E-state index contributed by atoms with van der Waals surface area (Å²) in [6.07, 6.45) is 41.6. The number of benzene rings is 2. The number of allylic oxidation sites excluding steroid dienone is 3. The summed E-state index contributed by atoms with van der Waals surface area (Å²) in [5.74, 6) is 5.66. The molecule has 109 heavy (non-hydrogen) atoms. The Labute approximate surface area is 659 Å². The van der Waals surface area contributed by atoms with Gasteiger partial charge in [-0.25, -0.2) is 0 Å². The van der Waals surface area contributed by atoms with E-state index in [1.165, 1.54) is 53.3 Å². The summed E-state index contributed by atoms with van der Waals surface area (Å²) >= 11 is 5.89. The van der Waals surface area contributed by atoms with Crippen molar-refractivity contribution in [2.45, 2.75) is 272 Å². The highest BCUT2D eigenvalue weighted by atomic mass is 35.5. The maximum absolute atomic E-state index is 13.9. The third kappa shape index (κ3) is 36.2. The Bertz CT molecular complexity index is 3390. The fraction of sp³-hybridized carbons (Fsp3) is 0.602. The van der Waals surface area contributed by atoms with E-state index in [1.54, 1.807) is 65.6 Å². The number of hydrogen-bond acceptors (Lipinski definition) is 13. The van der Waals surface area contributed by atoms with E-state index in [2.05, 4.69) is 98.7 Å². The fourth-order valence-corrected chi connectivity index (χ4v) is 12.9. The molecule has 2 aromatic carbocycles. The van der Waals surface area contributed by atoms with Crippen LogP contribution in [0.5, 0.6) is 5.75 Å². The molecular weight excluding hydrogens is 1400 g/mol. The lowest BCUT2D eigenvalue weighted by atomic mass is 9.93. The van der Waals surface area contributed by atoms with Crippen LogP contribution in [-0.4, -0.2) is 168 Å². The molecule has 0 aromatic heterocycles. The molecule has 3 aliphatic rings. The molecule has 0 radical (unpaired) electrons. The molecule has 21 heteroatoms. The number of ether oxygens (including phenoxy) is 3. The van der Waals surface area contributed by atoms with Crippen molar-refractivity contribution >= 4 is 64.8 Å². The number of halogens is 1. The van der Waals surface area contributed by atoms with Gasteiger partial charge in [-0.15, -0.1) is 37.0 Å². The molecule has 0 bridgehead atoms. The van der Waals surface area contributed by atoms with Gasteiger partial charge in [0.05, 0.1) is 43.6 Å². The molecule has 2 aromatic rings. The van der Waals surface area contributed by atoms with Crippen LogP contribution < -0.4 is 20.7 Å². The first-order valence-corrected chi connectivity index (χ1v) is 39.8. The van der Waals surface area contributed by atoms with E-state index in [-0.39, 0.29) is 72.8 Å². The van der Waals surface area contributed by atoms with Crippen molar-refractivity contribution in [3.63, 3.8) is 0 Å². The Morgan fingerprint density at radius 2 is 1.40 bits per heavy atom. The van der Waals surface area contributed by atoms with Gasteiger partial charge in [-0.05, 0) is 145 Å². The number of aliphatic hydroxyl groups excluding tert-OH is 1. The molecule has 2 saturated heterocycles. The molecular formula is C88H131ClN8O12. The predicted octanol–water partition coefficient (Wildman–Crippen LogP) is 14.6. The summed E-state index contributed by atoms with van der Waals surface area (Å²) < 4.78 is 17.6. The van der Waals surface area contributed by atoms with Gasteiger partial charge in [0.15, 0.2) is 6.10 Å². The van der Waals surface area contributed by atoms with Crippen molar-refractivity contribution in [1.29, 1.82) is 5.41 Å². The van der Waals surface area contributed by atoms with Crippen LogP contribution >= 0.6 is 11.6 Å². The molecule has 602 valence electrons. The largest absolute Gasteiger partial charge is 0.512 e. The highest BCUT2D eigenvalue weighted by Gasteiger charge is 2.39. The second-order valence-corrected chi connectivity index (χ2v) is 29.7. The minimum Gasteiger partial charge on any atom is -0.512 e. The molecule has 0 aliphatic carbocycles. The number of imide groups is 1. The van der Waals surface area contributed by atoms with Gasteiger partial charge in [0.25, 0.3) is 11.8 Å². The Morgan fingerprint density at radius 3 is 2.00 bits per heavy atom. The molecule has 0 spiro atoms. The summed E-state index contributed by atoms with van der Waals surface area (Å²) in [7, 11) is 6.65. The topological polar surface area (TPSA) is 257 Å². The average molecular weight is 1530 g/mol. The van der Waals surface area contributed by atoms with Crippen molar-refractivity contribution < 1.29 is 57.7 Å². The van der Waals surface area contributed by atoms with Crippen LogP contribution in [-0.2, 0) is 60.7 Å². The van der Waals surface area contributed by atoms with Crippen LogP contribution in [0.3, 0.4) is 0 Å². The Hall–Kier alpha value is -8.64. The van der Waals surface area contributed by atoms with Gasteiger partial charge in [-0.3, -0.25) is 48.7 Å². The van der Waals surface area contributed by atoms with E-state index in [0.29, 0.717) is 62.7 Å². The molecule has 7 amide bonds. The molecule has 3 heterocycles. The van der Waals surface area contributed by atoms with E-state index in [0.717, 1.165) is 93.6 Å². The number of amidine groups is 1. The maximum Gasteiger partial charge on any atom is 0.311 e. The average Bonchev–Trinajstić information content (AvgIpc) is 1.55. The fourth-order valence-electron chi connectivity index (χ4n) is 12.7. The number of esters is 1. The van der Waals surface area contributed by atoms with Crippen LogP contribution in [0, 0.1) is 72.0 Å². The lowest BCUT2D eigenvalue weighted by molar-refractivity contribution is -0.153. The number of carbonyl (C=O) groups is 8. The van der Waals surface area contributed by atoms with Gasteiger partial charge < -0.3 is 50.0 Å². The van der Waals surface area contributed by atoms with Gasteiger partial charge in [0.1, 0.15) is 29.7 Å². The lowest BCUT2D eigenvalue weighted by Crippen LogP contribution is -2.60.